The molecule has 0 saturated carbocycles. The molecule has 160 valence electrons. The topological polar surface area (TPSA) is 127 Å². The van der Waals surface area contributed by atoms with Crippen molar-refractivity contribution in [2.24, 2.45) is 0 Å². The molecule has 4 rings (SSSR count). The van der Waals surface area contributed by atoms with E-state index in [1.54, 1.807) is 5.41 Å². The molecule has 2 aliphatic heterocycles. The molecule has 3 atom stereocenters. The molecule has 0 aliphatic carbocycles. The standard InChI is InChI=1S/C22H20N2O6S/c25-15-7-6-13(16(26)10-15)9-14-11-31-21-18(20(28)24(21)19(14)22(29)30)23-17(27)8-12-4-2-1-3-5-12/h1-7,10-11,18-19,21,25-26H,8-9H2,(H,23,27)(H,29,30)/t18?,19?,21-/m1/s1. The van der Waals surface area contributed by atoms with Gasteiger partial charge in [-0.1, -0.05) is 36.4 Å². The SMILES string of the molecule is O=C(Cc1ccccc1)NC1C(=O)N2C(C(=O)O)C(Cc3ccc(O)cc3O)=CS[C@H]12. The molecule has 2 aromatic rings. The summed E-state index contributed by atoms with van der Waals surface area (Å²) < 4.78 is 0. The van der Waals surface area contributed by atoms with Crippen LogP contribution < -0.4 is 5.32 Å². The molecular weight excluding hydrogens is 420 g/mol. The number of carboxylic acids is 1. The van der Waals surface area contributed by atoms with Gasteiger partial charge in [0, 0.05) is 12.5 Å². The van der Waals surface area contributed by atoms with Crippen molar-refractivity contribution in [3.63, 3.8) is 0 Å². The molecule has 0 spiro atoms. The number of carboxylic acid groups (broad SMARTS) is 1. The lowest BCUT2D eigenvalue weighted by molar-refractivity contribution is -0.160. The van der Waals surface area contributed by atoms with E-state index >= 15 is 0 Å². The van der Waals surface area contributed by atoms with Crippen molar-refractivity contribution in [1.82, 2.24) is 10.2 Å². The van der Waals surface area contributed by atoms with E-state index in [1.807, 2.05) is 30.3 Å². The maximum Gasteiger partial charge on any atom is 0.330 e. The van der Waals surface area contributed by atoms with Gasteiger partial charge in [0.1, 0.15) is 22.9 Å². The second-order valence-corrected chi connectivity index (χ2v) is 8.39. The molecular formula is C22H20N2O6S. The number of fused-ring (bicyclic) bond motifs is 1. The number of aliphatic carboxylic acids is 1. The molecule has 4 N–H and O–H groups in total. The third-order valence-electron chi connectivity index (χ3n) is 5.29. The van der Waals surface area contributed by atoms with Crippen molar-refractivity contribution >= 4 is 29.5 Å². The van der Waals surface area contributed by atoms with Gasteiger partial charge in [0.15, 0.2) is 6.04 Å². The van der Waals surface area contributed by atoms with Crippen LogP contribution in [-0.4, -0.2) is 55.5 Å². The molecule has 2 heterocycles. The molecule has 0 aromatic heterocycles. The van der Waals surface area contributed by atoms with Gasteiger partial charge in [0.05, 0.1) is 6.42 Å². The van der Waals surface area contributed by atoms with Crippen LogP contribution >= 0.6 is 11.8 Å². The van der Waals surface area contributed by atoms with Gasteiger partial charge in [-0.25, -0.2) is 4.79 Å². The summed E-state index contributed by atoms with van der Waals surface area (Å²) in [5, 5.41) is 33.1. The number of rotatable bonds is 6. The number of phenolic OH excluding ortho intramolecular Hbond substituents is 2. The minimum absolute atomic E-state index is 0.102. The monoisotopic (exact) mass is 440 g/mol. The van der Waals surface area contributed by atoms with E-state index in [-0.39, 0.29) is 30.2 Å². The van der Waals surface area contributed by atoms with Crippen LogP contribution in [0.4, 0.5) is 0 Å². The molecule has 1 saturated heterocycles. The van der Waals surface area contributed by atoms with E-state index in [0.717, 1.165) is 5.56 Å². The van der Waals surface area contributed by atoms with E-state index in [1.165, 1.54) is 34.9 Å². The Morgan fingerprint density at radius 1 is 1.10 bits per heavy atom. The smallest absolute Gasteiger partial charge is 0.330 e. The predicted molar refractivity (Wildman–Crippen MR) is 113 cm³/mol. The van der Waals surface area contributed by atoms with Gasteiger partial charge in [-0.3, -0.25) is 9.59 Å². The molecule has 31 heavy (non-hydrogen) atoms. The van der Waals surface area contributed by atoms with E-state index in [4.69, 9.17) is 0 Å². The number of benzene rings is 2. The largest absolute Gasteiger partial charge is 0.508 e. The molecule has 2 aliphatic rings. The Kier molecular flexibility index (Phi) is 5.60. The van der Waals surface area contributed by atoms with Crippen LogP contribution in [0.5, 0.6) is 11.5 Å². The lowest BCUT2D eigenvalue weighted by atomic mass is 9.93. The molecule has 1 fully saturated rings. The van der Waals surface area contributed by atoms with Crippen LogP contribution in [0.1, 0.15) is 11.1 Å². The summed E-state index contributed by atoms with van der Waals surface area (Å²) in [6.45, 7) is 0. The van der Waals surface area contributed by atoms with Gasteiger partial charge < -0.3 is 25.5 Å². The Labute approximate surface area is 182 Å². The normalized spacial score (nSPS) is 22.2. The fourth-order valence-corrected chi connectivity index (χ4v) is 5.01. The summed E-state index contributed by atoms with van der Waals surface area (Å²) in [5.74, 6) is -2.20. The number of hydrogen-bond acceptors (Lipinski definition) is 6. The third kappa shape index (κ3) is 4.09. The van der Waals surface area contributed by atoms with Crippen LogP contribution in [0.25, 0.3) is 0 Å². The van der Waals surface area contributed by atoms with Crippen LogP contribution in [0.3, 0.4) is 0 Å². The fourth-order valence-electron chi connectivity index (χ4n) is 3.78. The average molecular weight is 440 g/mol. The van der Waals surface area contributed by atoms with Crippen LogP contribution in [0.2, 0.25) is 0 Å². The van der Waals surface area contributed by atoms with E-state index in [9.17, 15) is 29.7 Å². The highest BCUT2D eigenvalue weighted by Gasteiger charge is 2.55. The van der Waals surface area contributed by atoms with Gasteiger partial charge in [0.25, 0.3) is 0 Å². The first kappa shape index (κ1) is 20.8. The van der Waals surface area contributed by atoms with Crippen molar-refractivity contribution < 1.29 is 29.7 Å². The summed E-state index contributed by atoms with van der Waals surface area (Å²) in [4.78, 5) is 38.3. The minimum atomic E-state index is -1.19. The number of carbonyl (C=O) groups excluding carboxylic acids is 2. The Morgan fingerprint density at radius 3 is 2.52 bits per heavy atom. The number of phenols is 2. The van der Waals surface area contributed by atoms with Gasteiger partial charge >= 0.3 is 5.97 Å². The first-order chi connectivity index (χ1) is 14.8. The van der Waals surface area contributed by atoms with Crippen LogP contribution in [-0.2, 0) is 27.2 Å². The number of carbonyl (C=O) groups is 3. The number of nitrogens with zero attached hydrogens (tertiary/aromatic N) is 1. The van der Waals surface area contributed by atoms with Gasteiger partial charge in [-0.05, 0) is 28.2 Å². The van der Waals surface area contributed by atoms with Gasteiger partial charge in [-0.15, -0.1) is 11.8 Å². The molecule has 0 bridgehead atoms. The predicted octanol–water partition coefficient (Wildman–Crippen LogP) is 1.62. The third-order valence-corrected chi connectivity index (χ3v) is 6.51. The Bertz CT molecular complexity index is 1070. The molecule has 2 unspecified atom stereocenters. The highest BCUT2D eigenvalue weighted by Crippen LogP contribution is 2.41. The van der Waals surface area contributed by atoms with E-state index in [0.29, 0.717) is 11.1 Å². The zero-order valence-electron chi connectivity index (χ0n) is 16.3. The van der Waals surface area contributed by atoms with Crippen molar-refractivity contribution in [2.75, 3.05) is 0 Å². The number of β-lactam (4-membered cyclic amide) rings is 1. The number of thioether (sulfide) groups is 1. The Balaban J connectivity index is 1.48. The summed E-state index contributed by atoms with van der Waals surface area (Å²) in [6, 6.07) is 11.2. The van der Waals surface area contributed by atoms with Crippen molar-refractivity contribution in [1.29, 1.82) is 0 Å². The van der Waals surface area contributed by atoms with Crippen molar-refractivity contribution in [3.8, 4) is 11.5 Å². The van der Waals surface area contributed by atoms with Gasteiger partial charge in [-0.2, -0.15) is 0 Å². The maximum absolute atomic E-state index is 12.7. The Hall–Kier alpha value is -3.46. The minimum Gasteiger partial charge on any atom is -0.508 e. The zero-order chi connectivity index (χ0) is 22.1. The Morgan fingerprint density at radius 2 is 1.84 bits per heavy atom. The highest BCUT2D eigenvalue weighted by atomic mass is 32.2. The highest BCUT2D eigenvalue weighted by molar-refractivity contribution is 8.02. The molecule has 2 aromatic carbocycles. The number of amides is 2. The zero-order valence-corrected chi connectivity index (χ0v) is 17.1. The second-order valence-electron chi connectivity index (χ2n) is 7.40. The number of nitrogens with one attached hydrogen (secondary N) is 1. The number of aromatic hydroxyl groups is 2. The first-order valence-corrected chi connectivity index (χ1v) is 10.5. The second kappa shape index (κ2) is 8.35. The number of hydrogen-bond donors (Lipinski definition) is 4. The lowest BCUT2D eigenvalue weighted by Gasteiger charge is -2.51. The van der Waals surface area contributed by atoms with E-state index in [2.05, 4.69) is 5.32 Å². The fraction of sp³-hybridized carbons (Fsp3) is 0.227. The molecule has 9 heteroatoms. The van der Waals surface area contributed by atoms with E-state index < -0.39 is 29.3 Å². The average Bonchev–Trinajstić information content (AvgIpc) is 2.74. The summed E-state index contributed by atoms with van der Waals surface area (Å²) in [5.41, 5.74) is 1.70. The summed E-state index contributed by atoms with van der Waals surface area (Å²) in [7, 11) is 0. The molecule has 0 radical (unpaired) electrons. The van der Waals surface area contributed by atoms with Crippen LogP contribution in [0, 0.1) is 0 Å². The quantitative estimate of drug-likeness (QED) is 0.503. The maximum atomic E-state index is 12.7. The van der Waals surface area contributed by atoms with Crippen molar-refractivity contribution in [3.05, 3.63) is 70.6 Å². The summed E-state index contributed by atoms with van der Waals surface area (Å²) >= 11 is 1.26. The molecule has 8 nitrogen and oxygen atoms in total. The van der Waals surface area contributed by atoms with Crippen LogP contribution in [0.15, 0.2) is 59.5 Å². The summed E-state index contributed by atoms with van der Waals surface area (Å²) in [6.07, 6.45) is 0.239. The van der Waals surface area contributed by atoms with Crippen molar-refractivity contribution in [2.45, 2.75) is 30.3 Å². The lowest BCUT2D eigenvalue weighted by Crippen LogP contribution is -2.74. The van der Waals surface area contributed by atoms with Gasteiger partial charge in [0.2, 0.25) is 11.8 Å². The molecule has 2 amide bonds. The first-order valence-electron chi connectivity index (χ1n) is 9.58.